The number of nitrogens with zero attached hydrogens (tertiary/aromatic N) is 4. The predicted octanol–water partition coefficient (Wildman–Crippen LogP) is -0.875. The second-order valence-corrected chi connectivity index (χ2v) is 4.22. The molecule has 1 unspecified atom stereocenters. The molecule has 104 valence electrons. The van der Waals surface area contributed by atoms with Crippen LogP contribution in [0.5, 0.6) is 0 Å². The normalized spacial score (nSPS) is 18.4. The first kappa shape index (κ1) is 13.7. The average molecular weight is 276 g/mol. The van der Waals surface area contributed by atoms with Crippen LogP contribution in [0.4, 0.5) is 11.5 Å². The minimum atomic E-state index is -0.668. The fourth-order valence-corrected chi connectivity index (χ4v) is 2.06. The zero-order valence-corrected chi connectivity index (χ0v) is 10.4. The van der Waals surface area contributed by atoms with Crippen LogP contribution in [-0.4, -0.2) is 41.5 Å². The SMILES string of the molecule is N#Cc1nc(N2CCNCC2C(N)=O)ccc1[N+](=O)[O-]. The lowest BCUT2D eigenvalue weighted by Crippen LogP contribution is -2.57. The van der Waals surface area contributed by atoms with E-state index in [1.54, 1.807) is 11.0 Å². The number of amides is 1. The van der Waals surface area contributed by atoms with Crippen LogP contribution in [0, 0.1) is 21.4 Å². The molecule has 1 aliphatic heterocycles. The molecule has 0 aliphatic carbocycles. The smallest absolute Gasteiger partial charge is 0.305 e. The highest BCUT2D eigenvalue weighted by atomic mass is 16.6. The van der Waals surface area contributed by atoms with Gasteiger partial charge in [0.1, 0.15) is 17.9 Å². The summed E-state index contributed by atoms with van der Waals surface area (Å²) < 4.78 is 0. The van der Waals surface area contributed by atoms with Gasteiger partial charge in [0, 0.05) is 25.7 Å². The largest absolute Gasteiger partial charge is 0.368 e. The summed E-state index contributed by atoms with van der Waals surface area (Å²) in [6.45, 7) is 1.48. The lowest BCUT2D eigenvalue weighted by atomic mass is 10.1. The molecule has 1 aliphatic rings. The summed E-state index contributed by atoms with van der Waals surface area (Å²) in [5.74, 6) is -0.187. The van der Waals surface area contributed by atoms with Crippen molar-refractivity contribution >= 4 is 17.4 Å². The van der Waals surface area contributed by atoms with Crippen molar-refractivity contribution < 1.29 is 9.72 Å². The summed E-state index contributed by atoms with van der Waals surface area (Å²) in [5.41, 5.74) is 4.68. The minimum Gasteiger partial charge on any atom is -0.368 e. The molecule has 0 aromatic carbocycles. The van der Waals surface area contributed by atoms with Crippen LogP contribution in [0.15, 0.2) is 12.1 Å². The highest BCUT2D eigenvalue weighted by molar-refractivity contribution is 5.84. The number of hydrogen-bond acceptors (Lipinski definition) is 7. The van der Waals surface area contributed by atoms with Gasteiger partial charge in [-0.3, -0.25) is 14.9 Å². The van der Waals surface area contributed by atoms with E-state index >= 15 is 0 Å². The number of primary amides is 1. The third kappa shape index (κ3) is 2.50. The van der Waals surface area contributed by atoms with Gasteiger partial charge in [-0.05, 0) is 6.07 Å². The monoisotopic (exact) mass is 276 g/mol. The summed E-state index contributed by atoms with van der Waals surface area (Å²) in [6.07, 6.45) is 0. The van der Waals surface area contributed by atoms with Gasteiger partial charge >= 0.3 is 5.69 Å². The summed E-state index contributed by atoms with van der Waals surface area (Å²) in [4.78, 5) is 27.1. The van der Waals surface area contributed by atoms with Gasteiger partial charge < -0.3 is 16.0 Å². The van der Waals surface area contributed by atoms with Gasteiger partial charge in [-0.1, -0.05) is 0 Å². The van der Waals surface area contributed by atoms with E-state index in [1.807, 2.05) is 0 Å². The standard InChI is InChI=1S/C11H12N6O3/c12-5-7-8(17(19)20)1-2-10(15-7)16-4-3-14-6-9(16)11(13)18/h1-2,9,14H,3-4,6H2,(H2,13,18). The summed E-state index contributed by atoms with van der Waals surface area (Å²) in [5, 5.41) is 22.7. The number of pyridine rings is 1. The van der Waals surface area contributed by atoms with Crippen LogP contribution in [0.1, 0.15) is 5.69 Å². The van der Waals surface area contributed by atoms with Gasteiger partial charge in [0.25, 0.3) is 0 Å². The average Bonchev–Trinajstić information content (AvgIpc) is 2.46. The highest BCUT2D eigenvalue weighted by Gasteiger charge is 2.29. The van der Waals surface area contributed by atoms with E-state index < -0.39 is 16.9 Å². The van der Waals surface area contributed by atoms with Crippen LogP contribution >= 0.6 is 0 Å². The van der Waals surface area contributed by atoms with Crippen LogP contribution in [-0.2, 0) is 4.79 Å². The predicted molar refractivity (Wildman–Crippen MR) is 68.8 cm³/mol. The Morgan fingerprint density at radius 2 is 2.40 bits per heavy atom. The number of piperazine rings is 1. The highest BCUT2D eigenvalue weighted by Crippen LogP contribution is 2.22. The van der Waals surface area contributed by atoms with Crippen molar-refractivity contribution in [3.63, 3.8) is 0 Å². The summed E-state index contributed by atoms with van der Waals surface area (Å²) in [7, 11) is 0. The quantitative estimate of drug-likeness (QED) is 0.540. The molecule has 20 heavy (non-hydrogen) atoms. The molecule has 0 radical (unpaired) electrons. The Labute approximate surface area is 114 Å². The fourth-order valence-electron chi connectivity index (χ4n) is 2.06. The molecule has 2 heterocycles. The van der Waals surface area contributed by atoms with E-state index in [2.05, 4.69) is 10.3 Å². The molecule has 0 saturated carbocycles. The number of nitro groups is 1. The van der Waals surface area contributed by atoms with Crippen LogP contribution in [0.2, 0.25) is 0 Å². The second-order valence-electron chi connectivity index (χ2n) is 4.22. The Bertz CT molecular complexity index is 596. The lowest BCUT2D eigenvalue weighted by molar-refractivity contribution is -0.385. The van der Waals surface area contributed by atoms with Gasteiger partial charge in [0.15, 0.2) is 0 Å². The van der Waals surface area contributed by atoms with Gasteiger partial charge in [-0.2, -0.15) is 5.26 Å². The van der Waals surface area contributed by atoms with E-state index in [4.69, 9.17) is 11.0 Å². The molecule has 9 nitrogen and oxygen atoms in total. The van der Waals surface area contributed by atoms with Crippen LogP contribution in [0.25, 0.3) is 0 Å². The van der Waals surface area contributed by atoms with E-state index in [-0.39, 0.29) is 11.4 Å². The zero-order chi connectivity index (χ0) is 14.7. The molecule has 1 amide bonds. The first-order valence-electron chi connectivity index (χ1n) is 5.87. The first-order chi connectivity index (χ1) is 9.54. The number of rotatable bonds is 3. The van der Waals surface area contributed by atoms with Gasteiger partial charge in [-0.25, -0.2) is 4.98 Å². The Morgan fingerprint density at radius 3 is 3.00 bits per heavy atom. The molecular formula is C11H12N6O3. The van der Waals surface area contributed by atoms with Crippen molar-refractivity contribution in [2.45, 2.75) is 6.04 Å². The third-order valence-electron chi connectivity index (χ3n) is 3.03. The van der Waals surface area contributed by atoms with Crippen molar-refractivity contribution in [2.75, 3.05) is 24.5 Å². The fraction of sp³-hybridized carbons (Fsp3) is 0.364. The van der Waals surface area contributed by atoms with Crippen LogP contribution in [0.3, 0.4) is 0 Å². The van der Waals surface area contributed by atoms with Gasteiger partial charge in [0.05, 0.1) is 4.92 Å². The van der Waals surface area contributed by atoms with Crippen molar-refractivity contribution in [1.82, 2.24) is 10.3 Å². The van der Waals surface area contributed by atoms with Crippen molar-refractivity contribution in [3.8, 4) is 6.07 Å². The molecule has 1 atom stereocenters. The number of nitrogens with two attached hydrogens (primary N) is 1. The Morgan fingerprint density at radius 1 is 1.65 bits per heavy atom. The number of carbonyl (C=O) groups excluding carboxylic acids is 1. The Hall–Kier alpha value is -2.73. The molecule has 1 fully saturated rings. The number of carbonyl (C=O) groups is 1. The second kappa shape index (κ2) is 5.50. The topological polar surface area (TPSA) is 138 Å². The lowest BCUT2D eigenvalue weighted by Gasteiger charge is -2.35. The van der Waals surface area contributed by atoms with Crippen LogP contribution < -0.4 is 16.0 Å². The molecular weight excluding hydrogens is 264 g/mol. The number of anilines is 1. The van der Waals surface area contributed by atoms with E-state index in [9.17, 15) is 14.9 Å². The van der Waals surface area contributed by atoms with E-state index in [0.29, 0.717) is 25.5 Å². The summed E-state index contributed by atoms with van der Waals surface area (Å²) >= 11 is 0. The number of nitrogens with one attached hydrogen (secondary N) is 1. The molecule has 3 N–H and O–H groups in total. The first-order valence-corrected chi connectivity index (χ1v) is 5.87. The third-order valence-corrected chi connectivity index (χ3v) is 3.03. The zero-order valence-electron chi connectivity index (χ0n) is 10.4. The number of aromatic nitrogens is 1. The number of nitriles is 1. The number of hydrogen-bond donors (Lipinski definition) is 2. The summed E-state index contributed by atoms with van der Waals surface area (Å²) in [6, 6.07) is 3.72. The van der Waals surface area contributed by atoms with E-state index in [0.717, 1.165) is 0 Å². The molecule has 2 rings (SSSR count). The van der Waals surface area contributed by atoms with Crippen molar-refractivity contribution in [3.05, 3.63) is 27.9 Å². The molecule has 1 aromatic rings. The maximum absolute atomic E-state index is 11.4. The van der Waals surface area contributed by atoms with Gasteiger partial charge in [-0.15, -0.1) is 0 Å². The molecule has 0 spiro atoms. The Kier molecular flexibility index (Phi) is 3.76. The van der Waals surface area contributed by atoms with Crippen molar-refractivity contribution in [1.29, 1.82) is 5.26 Å². The Balaban J connectivity index is 2.39. The maximum Gasteiger partial charge on any atom is 0.305 e. The van der Waals surface area contributed by atoms with Crippen molar-refractivity contribution in [2.24, 2.45) is 5.73 Å². The molecule has 0 bridgehead atoms. The molecule has 1 saturated heterocycles. The van der Waals surface area contributed by atoms with E-state index in [1.165, 1.54) is 12.1 Å². The van der Waals surface area contributed by atoms with Gasteiger partial charge in [0.2, 0.25) is 11.6 Å². The molecule has 9 heteroatoms. The minimum absolute atomic E-state index is 0.283. The molecule has 1 aromatic heterocycles. The maximum atomic E-state index is 11.4.